The van der Waals surface area contributed by atoms with Gasteiger partial charge in [-0.3, -0.25) is 9.10 Å². The van der Waals surface area contributed by atoms with Crippen LogP contribution in [0.1, 0.15) is 34.0 Å². The van der Waals surface area contributed by atoms with Gasteiger partial charge in [0.15, 0.2) is 0 Å². The van der Waals surface area contributed by atoms with Gasteiger partial charge in [0.1, 0.15) is 5.75 Å². The molecule has 4 rings (SSSR count). The first-order valence-electron chi connectivity index (χ1n) is 11.7. The number of sulfonamides is 1. The first-order chi connectivity index (χ1) is 18.2. The molecule has 4 aromatic carbocycles. The van der Waals surface area contributed by atoms with Gasteiger partial charge in [-0.15, -0.1) is 0 Å². The van der Waals surface area contributed by atoms with E-state index in [1.807, 2.05) is 0 Å². The predicted octanol–water partition coefficient (Wildman–Crippen LogP) is 5.90. The van der Waals surface area contributed by atoms with Crippen LogP contribution in [0, 0.1) is 6.92 Å². The normalized spacial score (nSPS) is 11.7. The summed E-state index contributed by atoms with van der Waals surface area (Å²) in [4.78, 5) is 12.8. The van der Waals surface area contributed by atoms with Gasteiger partial charge in [-0.05, 0) is 73.5 Å². The maximum absolute atomic E-state index is 13.7. The summed E-state index contributed by atoms with van der Waals surface area (Å²) in [5.41, 5.74) is 5.58. The molecule has 0 saturated heterocycles. The summed E-state index contributed by atoms with van der Waals surface area (Å²) in [6.07, 6.45) is 0. The Morgan fingerprint density at radius 1 is 0.921 bits per heavy atom. The lowest BCUT2D eigenvalue weighted by Gasteiger charge is -2.26. The number of aromatic hydroxyl groups is 1. The summed E-state index contributed by atoms with van der Waals surface area (Å²) >= 11 is 6.32. The minimum Gasteiger partial charge on any atom is -0.507 e. The van der Waals surface area contributed by atoms with Crippen molar-refractivity contribution in [3.63, 3.8) is 0 Å². The molecule has 0 unspecified atom stereocenters. The maximum Gasteiger partial charge on any atom is 0.271 e. The molecule has 0 spiro atoms. The number of hydrogen-bond donors (Lipinski definition) is 2. The summed E-state index contributed by atoms with van der Waals surface area (Å²) in [6, 6.07) is 26.7. The number of anilines is 1. The van der Waals surface area contributed by atoms with E-state index in [9.17, 15) is 18.3 Å². The Hall–Kier alpha value is -4.14. The molecule has 0 fully saturated rings. The third-order valence-corrected chi connectivity index (χ3v) is 8.18. The van der Waals surface area contributed by atoms with Crippen LogP contribution in [0.4, 0.5) is 5.69 Å². The van der Waals surface area contributed by atoms with E-state index in [1.54, 1.807) is 111 Å². The van der Waals surface area contributed by atoms with Crippen molar-refractivity contribution in [2.75, 3.05) is 4.31 Å². The van der Waals surface area contributed by atoms with Crippen LogP contribution < -0.4 is 9.73 Å². The van der Waals surface area contributed by atoms with E-state index >= 15 is 0 Å². The molecule has 0 bridgehead atoms. The van der Waals surface area contributed by atoms with Gasteiger partial charge < -0.3 is 5.11 Å². The van der Waals surface area contributed by atoms with Crippen molar-refractivity contribution < 1.29 is 18.3 Å². The molecule has 0 aliphatic carbocycles. The van der Waals surface area contributed by atoms with Crippen LogP contribution in [0.15, 0.2) is 107 Å². The van der Waals surface area contributed by atoms with Crippen molar-refractivity contribution in [2.24, 2.45) is 5.10 Å². The number of amides is 1. The molecule has 4 aromatic rings. The van der Waals surface area contributed by atoms with Crippen LogP contribution in [-0.4, -0.2) is 25.1 Å². The van der Waals surface area contributed by atoms with Gasteiger partial charge in [-0.1, -0.05) is 60.1 Å². The molecule has 9 heteroatoms. The lowest BCUT2D eigenvalue weighted by atomic mass is 10.1. The van der Waals surface area contributed by atoms with Crippen molar-refractivity contribution in [3.8, 4) is 5.75 Å². The number of carbonyl (C=O) groups excluding carboxylic acids is 1. The molecule has 0 radical (unpaired) electrons. The zero-order valence-corrected chi connectivity index (χ0v) is 22.4. The fourth-order valence-electron chi connectivity index (χ4n) is 3.85. The molecular weight excluding hydrogens is 522 g/mol. The molecule has 1 amide bonds. The molecule has 38 heavy (non-hydrogen) atoms. The highest BCUT2D eigenvalue weighted by Gasteiger charge is 2.27. The Bertz CT molecular complexity index is 1590. The molecule has 194 valence electrons. The number of hydrogen-bond acceptors (Lipinski definition) is 5. The summed E-state index contributed by atoms with van der Waals surface area (Å²) < 4.78 is 28.6. The maximum atomic E-state index is 13.7. The summed E-state index contributed by atoms with van der Waals surface area (Å²) in [6.45, 7) is 3.49. The van der Waals surface area contributed by atoms with Gasteiger partial charge in [-0.2, -0.15) is 5.10 Å². The predicted molar refractivity (Wildman–Crippen MR) is 150 cm³/mol. The monoisotopic (exact) mass is 547 g/mol. The van der Waals surface area contributed by atoms with Crippen LogP contribution in [0.3, 0.4) is 0 Å². The quantitative estimate of drug-likeness (QED) is 0.212. The smallest absolute Gasteiger partial charge is 0.271 e. The van der Waals surface area contributed by atoms with Gasteiger partial charge in [-0.25, -0.2) is 13.8 Å². The number of rotatable bonds is 8. The van der Waals surface area contributed by atoms with Gasteiger partial charge in [0.05, 0.1) is 22.8 Å². The number of nitrogens with one attached hydrogen (secondary N) is 1. The van der Waals surface area contributed by atoms with E-state index in [-0.39, 0.29) is 17.2 Å². The number of para-hydroxylation sites is 1. The van der Waals surface area contributed by atoms with E-state index in [1.165, 1.54) is 4.31 Å². The highest BCUT2D eigenvalue weighted by atomic mass is 35.5. The van der Waals surface area contributed by atoms with Crippen LogP contribution in [-0.2, 0) is 16.6 Å². The molecular formula is C29H26ClN3O4S. The van der Waals surface area contributed by atoms with E-state index in [4.69, 9.17) is 11.6 Å². The first kappa shape index (κ1) is 26.9. The van der Waals surface area contributed by atoms with Crippen molar-refractivity contribution in [1.82, 2.24) is 5.43 Å². The van der Waals surface area contributed by atoms with E-state index in [0.29, 0.717) is 38.7 Å². The molecule has 7 nitrogen and oxygen atoms in total. The fourth-order valence-corrected chi connectivity index (χ4v) is 5.55. The second kappa shape index (κ2) is 11.5. The van der Waals surface area contributed by atoms with Crippen molar-refractivity contribution in [2.45, 2.75) is 25.3 Å². The number of benzene rings is 4. The molecule has 2 N–H and O–H groups in total. The molecule has 0 heterocycles. The van der Waals surface area contributed by atoms with Crippen molar-refractivity contribution in [3.05, 3.63) is 124 Å². The molecule has 0 aliphatic heterocycles. The Kier molecular flexibility index (Phi) is 8.14. The van der Waals surface area contributed by atoms with Crippen LogP contribution in [0.2, 0.25) is 5.02 Å². The molecule has 0 saturated carbocycles. The molecule has 0 atom stereocenters. The highest BCUT2D eigenvalue weighted by Crippen LogP contribution is 2.32. The Labute approximate surface area is 227 Å². The fraction of sp³-hybridized carbons (Fsp3) is 0.103. The van der Waals surface area contributed by atoms with Crippen LogP contribution in [0.25, 0.3) is 0 Å². The standard InChI is InChI=1S/C29H26ClN3O4S/c1-20-26(30)12-8-13-27(20)33(38(36,37)24-9-4-3-5-10-24)19-22-15-17-23(18-16-22)29(35)32-31-21(2)25-11-6-7-14-28(25)34/h3-18,34H,19H2,1-2H3,(H,32,35)/b31-21-. The average Bonchev–Trinajstić information content (AvgIpc) is 2.93. The minimum absolute atomic E-state index is 0.0326. The zero-order chi connectivity index (χ0) is 27.3. The molecule has 0 aromatic heterocycles. The van der Waals surface area contributed by atoms with Crippen LogP contribution >= 0.6 is 11.6 Å². The number of nitrogens with zero attached hydrogens (tertiary/aromatic N) is 2. The topological polar surface area (TPSA) is 99.1 Å². The van der Waals surface area contributed by atoms with E-state index in [2.05, 4.69) is 10.5 Å². The average molecular weight is 548 g/mol. The second-order valence-corrected chi connectivity index (χ2v) is 10.8. The van der Waals surface area contributed by atoms with Gasteiger partial charge >= 0.3 is 0 Å². The summed E-state index contributed by atoms with van der Waals surface area (Å²) in [5.74, 6) is -0.372. The number of carbonyl (C=O) groups is 1. The lowest BCUT2D eigenvalue weighted by Crippen LogP contribution is -2.31. The van der Waals surface area contributed by atoms with Gasteiger partial charge in [0.25, 0.3) is 15.9 Å². The number of phenolic OH excluding ortho intramolecular Hbond substituents is 1. The van der Waals surface area contributed by atoms with E-state index in [0.717, 1.165) is 0 Å². The number of hydrazone groups is 1. The third kappa shape index (κ3) is 5.88. The zero-order valence-electron chi connectivity index (χ0n) is 20.8. The second-order valence-electron chi connectivity index (χ2n) is 8.56. The summed E-state index contributed by atoms with van der Waals surface area (Å²) in [5, 5.41) is 14.5. The van der Waals surface area contributed by atoms with Crippen molar-refractivity contribution >= 4 is 38.9 Å². The largest absolute Gasteiger partial charge is 0.507 e. The van der Waals surface area contributed by atoms with Gasteiger partial charge in [0.2, 0.25) is 0 Å². The third-order valence-electron chi connectivity index (χ3n) is 6.00. The lowest BCUT2D eigenvalue weighted by molar-refractivity contribution is 0.0954. The Morgan fingerprint density at radius 2 is 1.58 bits per heavy atom. The highest BCUT2D eigenvalue weighted by molar-refractivity contribution is 7.92. The molecule has 0 aliphatic rings. The van der Waals surface area contributed by atoms with Gasteiger partial charge in [0, 0.05) is 16.1 Å². The summed E-state index contributed by atoms with van der Waals surface area (Å²) in [7, 11) is -3.91. The minimum atomic E-state index is -3.91. The Balaban J connectivity index is 1.58. The van der Waals surface area contributed by atoms with Crippen molar-refractivity contribution in [1.29, 1.82) is 0 Å². The number of phenols is 1. The number of halogens is 1. The SMILES string of the molecule is C/C(=N/NC(=O)c1ccc(CN(c2cccc(Cl)c2C)S(=O)(=O)c2ccccc2)cc1)c1ccccc1O. The first-order valence-corrected chi connectivity index (χ1v) is 13.5. The van der Waals surface area contributed by atoms with E-state index < -0.39 is 15.9 Å². The Morgan fingerprint density at radius 3 is 2.26 bits per heavy atom. The van der Waals surface area contributed by atoms with Crippen LogP contribution in [0.5, 0.6) is 5.75 Å².